The van der Waals surface area contributed by atoms with Crippen LogP contribution in [0.25, 0.3) is 0 Å². The van der Waals surface area contributed by atoms with Gasteiger partial charge in [-0.1, -0.05) is 78.4 Å². The normalized spacial score (nSPS) is 15.2. The molecule has 0 fully saturated rings. The molecule has 3 rings (SSSR count). The summed E-state index contributed by atoms with van der Waals surface area (Å²) in [5.41, 5.74) is 4.62. The fraction of sp³-hybridized carbons (Fsp3) is 0.250. The second-order valence-corrected chi connectivity index (χ2v) is 4.97. The van der Waals surface area contributed by atoms with E-state index < -0.39 is 0 Å². The Balaban J connectivity index is 1.91. The van der Waals surface area contributed by atoms with E-state index in [0.29, 0.717) is 6.71 Å². The second-order valence-electron chi connectivity index (χ2n) is 4.97. The maximum absolute atomic E-state index is 2.30. The van der Waals surface area contributed by atoms with Gasteiger partial charge in [-0.3, -0.25) is 0 Å². The topological polar surface area (TPSA) is 0 Å². The predicted octanol–water partition coefficient (Wildman–Crippen LogP) is 3.12. The third-order valence-electron chi connectivity index (χ3n) is 3.85. The van der Waals surface area contributed by atoms with E-state index in [0.717, 1.165) is 0 Å². The molecule has 0 spiro atoms. The number of rotatable bonds is 1. The summed E-state index contributed by atoms with van der Waals surface area (Å²) in [6, 6.07) is 19.9. The molecule has 0 unspecified atom stereocenters. The van der Waals surface area contributed by atoms with Crippen LogP contribution in [-0.4, -0.2) is 6.71 Å². The first kappa shape index (κ1) is 10.6. The molecule has 1 heteroatoms. The smallest absolute Gasteiger partial charge is 0.0797 e. The highest BCUT2D eigenvalue weighted by Crippen LogP contribution is 2.20. The Morgan fingerprint density at radius 1 is 0.765 bits per heavy atom. The van der Waals surface area contributed by atoms with Crippen molar-refractivity contribution in [2.24, 2.45) is 0 Å². The quantitative estimate of drug-likeness (QED) is 0.647. The average molecular weight is 220 g/mol. The molecule has 2 aromatic carbocycles. The van der Waals surface area contributed by atoms with E-state index in [1.54, 1.807) is 11.1 Å². The van der Waals surface area contributed by atoms with Crippen molar-refractivity contribution in [3.63, 3.8) is 0 Å². The third kappa shape index (κ3) is 2.29. The minimum absolute atomic E-state index is 0.708. The molecule has 17 heavy (non-hydrogen) atoms. The van der Waals surface area contributed by atoms with Gasteiger partial charge in [-0.2, -0.15) is 0 Å². The van der Waals surface area contributed by atoms with Gasteiger partial charge in [-0.05, 0) is 18.3 Å². The largest absolute Gasteiger partial charge is 0.180 e. The highest BCUT2D eigenvalue weighted by Gasteiger charge is 2.20. The third-order valence-corrected chi connectivity index (χ3v) is 3.85. The molecule has 1 heterocycles. The molecular formula is C16H17B. The Morgan fingerprint density at radius 2 is 1.47 bits per heavy atom. The molecular weight excluding hydrogens is 203 g/mol. The zero-order chi connectivity index (χ0) is 11.5. The van der Waals surface area contributed by atoms with E-state index in [-0.39, 0.29) is 0 Å². The lowest BCUT2D eigenvalue weighted by molar-refractivity contribution is 0.918. The van der Waals surface area contributed by atoms with Gasteiger partial charge in [0.1, 0.15) is 0 Å². The standard InChI is InChI=1S/C16H17B/c1-2-10-16(11-3-1)17-12-6-9-14-7-4-5-8-15(14)13-17/h1-5,7-8,10-11H,6,9,12-13H2. The van der Waals surface area contributed by atoms with Gasteiger partial charge in [0.15, 0.2) is 6.71 Å². The van der Waals surface area contributed by atoms with Crippen LogP contribution in [0.4, 0.5) is 0 Å². The molecule has 0 radical (unpaired) electrons. The van der Waals surface area contributed by atoms with Crippen molar-refractivity contribution >= 4 is 12.2 Å². The maximum atomic E-state index is 2.30. The average Bonchev–Trinajstić information content (AvgIpc) is 2.62. The van der Waals surface area contributed by atoms with Crippen molar-refractivity contribution in [2.45, 2.75) is 25.5 Å². The maximum Gasteiger partial charge on any atom is 0.180 e. The summed E-state index contributed by atoms with van der Waals surface area (Å²) in [5, 5.41) is 0. The lowest BCUT2D eigenvalue weighted by atomic mass is 9.40. The van der Waals surface area contributed by atoms with Gasteiger partial charge in [0.05, 0.1) is 0 Å². The summed E-state index contributed by atoms with van der Waals surface area (Å²) in [6.45, 7) is 0.708. The first-order valence-electron chi connectivity index (χ1n) is 6.55. The first-order valence-corrected chi connectivity index (χ1v) is 6.55. The summed E-state index contributed by atoms with van der Waals surface area (Å²) < 4.78 is 0. The van der Waals surface area contributed by atoms with E-state index in [1.807, 2.05) is 0 Å². The number of hydrogen-bond acceptors (Lipinski definition) is 0. The highest BCUT2D eigenvalue weighted by atomic mass is 14.1. The number of benzene rings is 2. The van der Waals surface area contributed by atoms with E-state index in [1.165, 1.54) is 30.9 Å². The Morgan fingerprint density at radius 3 is 2.29 bits per heavy atom. The van der Waals surface area contributed by atoms with Crippen molar-refractivity contribution in [1.82, 2.24) is 0 Å². The molecule has 0 aromatic heterocycles. The van der Waals surface area contributed by atoms with Crippen LogP contribution >= 0.6 is 0 Å². The monoisotopic (exact) mass is 220 g/mol. The summed E-state index contributed by atoms with van der Waals surface area (Å²) >= 11 is 0. The van der Waals surface area contributed by atoms with Gasteiger partial charge in [0.25, 0.3) is 0 Å². The van der Waals surface area contributed by atoms with Gasteiger partial charge in [0, 0.05) is 0 Å². The minimum Gasteiger partial charge on any atom is -0.0797 e. The molecule has 0 saturated heterocycles. The Kier molecular flexibility index (Phi) is 3.00. The first-order chi connectivity index (χ1) is 8.43. The number of fused-ring (bicyclic) bond motifs is 1. The Bertz CT molecular complexity index is 490. The molecule has 2 aromatic rings. The van der Waals surface area contributed by atoms with Crippen molar-refractivity contribution in [1.29, 1.82) is 0 Å². The van der Waals surface area contributed by atoms with Crippen LogP contribution < -0.4 is 5.46 Å². The zero-order valence-corrected chi connectivity index (χ0v) is 10.1. The van der Waals surface area contributed by atoms with Crippen LogP contribution in [0.2, 0.25) is 6.32 Å². The van der Waals surface area contributed by atoms with Gasteiger partial charge in [-0.25, -0.2) is 0 Å². The zero-order valence-electron chi connectivity index (χ0n) is 10.1. The van der Waals surface area contributed by atoms with Crippen LogP contribution in [-0.2, 0) is 12.7 Å². The minimum atomic E-state index is 0.708. The van der Waals surface area contributed by atoms with Crippen molar-refractivity contribution in [3.8, 4) is 0 Å². The summed E-state index contributed by atoms with van der Waals surface area (Å²) in [4.78, 5) is 0. The molecule has 84 valence electrons. The highest BCUT2D eigenvalue weighted by molar-refractivity contribution is 6.72. The van der Waals surface area contributed by atoms with Gasteiger partial charge >= 0.3 is 0 Å². The predicted molar refractivity (Wildman–Crippen MR) is 75.1 cm³/mol. The van der Waals surface area contributed by atoms with E-state index in [4.69, 9.17) is 0 Å². The fourth-order valence-corrected chi connectivity index (χ4v) is 2.92. The summed E-state index contributed by atoms with van der Waals surface area (Å²) in [6.07, 6.45) is 5.09. The van der Waals surface area contributed by atoms with Gasteiger partial charge in [0.2, 0.25) is 0 Å². The summed E-state index contributed by atoms with van der Waals surface area (Å²) in [7, 11) is 0. The van der Waals surface area contributed by atoms with Gasteiger partial charge in [-0.15, -0.1) is 0 Å². The molecule has 0 atom stereocenters. The summed E-state index contributed by atoms with van der Waals surface area (Å²) in [5.74, 6) is 0. The van der Waals surface area contributed by atoms with Crippen molar-refractivity contribution < 1.29 is 0 Å². The van der Waals surface area contributed by atoms with Crippen LogP contribution in [0.3, 0.4) is 0 Å². The van der Waals surface area contributed by atoms with Crippen LogP contribution in [0, 0.1) is 0 Å². The van der Waals surface area contributed by atoms with Crippen LogP contribution in [0.1, 0.15) is 17.5 Å². The molecule has 0 amide bonds. The van der Waals surface area contributed by atoms with E-state index in [9.17, 15) is 0 Å². The number of hydrogen-bond donors (Lipinski definition) is 0. The fourth-order valence-electron chi connectivity index (χ4n) is 2.92. The van der Waals surface area contributed by atoms with E-state index in [2.05, 4.69) is 54.6 Å². The molecule has 0 aliphatic carbocycles. The van der Waals surface area contributed by atoms with Crippen molar-refractivity contribution in [2.75, 3.05) is 0 Å². The SMILES string of the molecule is c1ccc(B2CCCc3ccccc3C2)cc1. The van der Waals surface area contributed by atoms with Gasteiger partial charge < -0.3 is 0 Å². The van der Waals surface area contributed by atoms with Crippen molar-refractivity contribution in [3.05, 3.63) is 65.7 Å². The lowest BCUT2D eigenvalue weighted by Crippen LogP contribution is -2.31. The lowest BCUT2D eigenvalue weighted by Gasteiger charge is -2.11. The molecule has 1 aliphatic heterocycles. The molecule has 0 bridgehead atoms. The Hall–Kier alpha value is -1.50. The molecule has 1 aliphatic rings. The van der Waals surface area contributed by atoms with E-state index >= 15 is 0 Å². The second kappa shape index (κ2) is 4.79. The number of aryl methyl sites for hydroxylation is 1. The molecule has 0 nitrogen and oxygen atoms in total. The molecule has 0 N–H and O–H groups in total. The van der Waals surface area contributed by atoms with Crippen LogP contribution in [0.15, 0.2) is 54.6 Å². The van der Waals surface area contributed by atoms with Crippen LogP contribution in [0.5, 0.6) is 0 Å². The molecule has 0 saturated carbocycles. The Labute approximate surface area is 104 Å².